The Kier molecular flexibility index (Phi) is 5.96. The molecule has 1 fully saturated rings. The summed E-state index contributed by atoms with van der Waals surface area (Å²) < 4.78 is 9.56. The van der Waals surface area contributed by atoms with Gasteiger partial charge in [-0.2, -0.15) is 0 Å². The minimum absolute atomic E-state index is 0.0553. The molecule has 2 amide bonds. The van der Waals surface area contributed by atoms with Crippen molar-refractivity contribution in [2.75, 3.05) is 19.7 Å². The highest BCUT2D eigenvalue weighted by Gasteiger charge is 2.28. The molecule has 1 aliphatic carbocycles. The molecule has 23 heavy (non-hydrogen) atoms. The van der Waals surface area contributed by atoms with Crippen LogP contribution >= 0.6 is 0 Å². The maximum atomic E-state index is 11.9. The van der Waals surface area contributed by atoms with E-state index < -0.39 is 6.16 Å². The Morgan fingerprint density at radius 2 is 1.74 bits per heavy atom. The first kappa shape index (κ1) is 16.8. The summed E-state index contributed by atoms with van der Waals surface area (Å²) >= 11 is 0. The van der Waals surface area contributed by atoms with Crippen LogP contribution in [0.2, 0.25) is 0 Å². The van der Waals surface area contributed by atoms with Crippen LogP contribution in [-0.4, -0.2) is 37.7 Å². The van der Waals surface area contributed by atoms with Gasteiger partial charge in [-0.15, -0.1) is 0 Å². The number of ether oxygens (including phenoxy) is 2. The Morgan fingerprint density at radius 3 is 2.35 bits per heavy atom. The van der Waals surface area contributed by atoms with Crippen molar-refractivity contribution in [3.8, 4) is 5.75 Å². The molecule has 1 saturated carbocycles. The van der Waals surface area contributed by atoms with Crippen molar-refractivity contribution in [1.82, 2.24) is 10.6 Å². The number of rotatable bonds is 7. The second-order valence-corrected chi connectivity index (χ2v) is 5.13. The number of hydrogen-bond donors (Lipinski definition) is 2. The highest BCUT2D eigenvalue weighted by molar-refractivity contribution is 5.94. The largest absolute Gasteiger partial charge is 0.513 e. The highest BCUT2D eigenvalue weighted by atomic mass is 16.7. The molecule has 0 aliphatic heterocycles. The molecule has 7 heteroatoms. The van der Waals surface area contributed by atoms with Crippen LogP contribution in [0, 0.1) is 5.92 Å². The normalized spacial score (nSPS) is 13.1. The molecule has 0 atom stereocenters. The van der Waals surface area contributed by atoms with Gasteiger partial charge in [0.15, 0.2) is 0 Å². The summed E-state index contributed by atoms with van der Waals surface area (Å²) in [6.07, 6.45) is 1.13. The van der Waals surface area contributed by atoms with E-state index in [1.165, 1.54) is 12.1 Å². The molecule has 0 unspecified atom stereocenters. The quantitative estimate of drug-likeness (QED) is 0.451. The van der Waals surface area contributed by atoms with Gasteiger partial charge < -0.3 is 20.1 Å². The number of carbonyl (C=O) groups is 3. The van der Waals surface area contributed by atoms with Gasteiger partial charge in [0.05, 0.1) is 6.61 Å². The molecule has 1 aromatic carbocycles. The Balaban J connectivity index is 1.71. The van der Waals surface area contributed by atoms with Gasteiger partial charge in [-0.1, -0.05) is 0 Å². The lowest BCUT2D eigenvalue weighted by Crippen LogP contribution is -2.35. The summed E-state index contributed by atoms with van der Waals surface area (Å²) in [5.41, 5.74) is 0.440. The first-order chi connectivity index (χ1) is 11.1. The molecule has 0 heterocycles. The van der Waals surface area contributed by atoms with Gasteiger partial charge in [0, 0.05) is 24.6 Å². The van der Waals surface area contributed by atoms with Gasteiger partial charge in [0.2, 0.25) is 5.91 Å². The summed E-state index contributed by atoms with van der Waals surface area (Å²) in [6, 6.07) is 6.13. The van der Waals surface area contributed by atoms with Gasteiger partial charge in [-0.3, -0.25) is 9.59 Å². The molecule has 0 saturated heterocycles. The van der Waals surface area contributed by atoms with Crippen LogP contribution in [0.5, 0.6) is 5.75 Å². The average molecular weight is 320 g/mol. The van der Waals surface area contributed by atoms with Gasteiger partial charge in [-0.05, 0) is 44.0 Å². The maximum Gasteiger partial charge on any atom is 0.513 e. The van der Waals surface area contributed by atoms with Gasteiger partial charge in [0.1, 0.15) is 5.75 Å². The third kappa shape index (κ3) is 5.61. The summed E-state index contributed by atoms with van der Waals surface area (Å²) in [6.45, 7) is 2.68. The summed E-state index contributed by atoms with van der Waals surface area (Å²) in [5.74, 6) is 0.266. The Hall–Kier alpha value is -2.57. The standard InChI is InChI=1S/C16H20N2O5/c1-2-22-16(21)23-13-7-5-12(6-8-13)15(20)18-10-9-17-14(19)11-3-4-11/h5-8,11H,2-4,9-10H2,1H3,(H,17,19)(H,18,20). The van der Waals surface area contributed by atoms with Crippen molar-refractivity contribution in [2.45, 2.75) is 19.8 Å². The molecular weight excluding hydrogens is 300 g/mol. The van der Waals surface area contributed by atoms with E-state index in [1.54, 1.807) is 19.1 Å². The highest BCUT2D eigenvalue weighted by Crippen LogP contribution is 2.28. The topological polar surface area (TPSA) is 93.7 Å². The molecule has 2 N–H and O–H groups in total. The molecule has 0 bridgehead atoms. The van der Waals surface area contributed by atoms with Crippen molar-refractivity contribution in [1.29, 1.82) is 0 Å². The van der Waals surface area contributed by atoms with Crippen molar-refractivity contribution >= 4 is 18.0 Å². The Morgan fingerprint density at radius 1 is 1.09 bits per heavy atom. The molecule has 0 aromatic heterocycles. The van der Waals surface area contributed by atoms with E-state index in [2.05, 4.69) is 15.4 Å². The second-order valence-electron chi connectivity index (χ2n) is 5.13. The first-order valence-electron chi connectivity index (χ1n) is 7.60. The molecule has 7 nitrogen and oxygen atoms in total. The van der Waals surface area contributed by atoms with Crippen molar-refractivity contribution in [3.63, 3.8) is 0 Å². The monoisotopic (exact) mass is 320 g/mol. The summed E-state index contributed by atoms with van der Waals surface area (Å²) in [4.78, 5) is 34.5. The number of carbonyl (C=O) groups excluding carboxylic acids is 3. The van der Waals surface area contributed by atoms with Gasteiger partial charge in [0.25, 0.3) is 5.91 Å². The predicted molar refractivity (Wildman–Crippen MR) is 82.2 cm³/mol. The molecule has 0 radical (unpaired) electrons. The van der Waals surface area contributed by atoms with E-state index in [0.717, 1.165) is 12.8 Å². The second kappa shape index (κ2) is 8.17. The van der Waals surface area contributed by atoms with Crippen LogP contribution in [0.1, 0.15) is 30.1 Å². The van der Waals surface area contributed by atoms with E-state index in [4.69, 9.17) is 4.74 Å². The Bertz CT molecular complexity index is 566. The van der Waals surface area contributed by atoms with Gasteiger partial charge in [-0.25, -0.2) is 4.79 Å². The van der Waals surface area contributed by atoms with E-state index in [1.807, 2.05) is 0 Å². The van der Waals surface area contributed by atoms with Crippen molar-refractivity contribution < 1.29 is 23.9 Å². The third-order valence-corrected chi connectivity index (χ3v) is 3.24. The van der Waals surface area contributed by atoms with Crippen LogP contribution in [-0.2, 0) is 9.53 Å². The number of benzene rings is 1. The van der Waals surface area contributed by atoms with E-state index in [-0.39, 0.29) is 24.3 Å². The molecular formula is C16H20N2O5. The fourth-order valence-corrected chi connectivity index (χ4v) is 1.87. The summed E-state index contributed by atoms with van der Waals surface area (Å²) in [5, 5.41) is 5.48. The van der Waals surface area contributed by atoms with Crippen molar-refractivity contribution in [2.24, 2.45) is 5.92 Å². The average Bonchev–Trinajstić information content (AvgIpc) is 3.37. The number of hydrogen-bond acceptors (Lipinski definition) is 5. The smallest absolute Gasteiger partial charge is 0.434 e. The number of nitrogens with one attached hydrogen (secondary N) is 2. The predicted octanol–water partition coefficient (Wildman–Crippen LogP) is 1.48. The lowest BCUT2D eigenvalue weighted by atomic mass is 10.2. The summed E-state index contributed by atoms with van der Waals surface area (Å²) in [7, 11) is 0. The van der Waals surface area contributed by atoms with E-state index in [0.29, 0.717) is 24.4 Å². The Labute approximate surface area is 134 Å². The maximum absolute atomic E-state index is 11.9. The van der Waals surface area contributed by atoms with Crippen LogP contribution in [0.25, 0.3) is 0 Å². The van der Waals surface area contributed by atoms with Crippen LogP contribution < -0.4 is 15.4 Å². The van der Waals surface area contributed by atoms with Crippen molar-refractivity contribution in [3.05, 3.63) is 29.8 Å². The zero-order valence-corrected chi connectivity index (χ0v) is 13.0. The van der Waals surface area contributed by atoms with E-state index in [9.17, 15) is 14.4 Å². The third-order valence-electron chi connectivity index (χ3n) is 3.24. The SMILES string of the molecule is CCOC(=O)Oc1ccc(C(=O)NCCNC(=O)C2CC2)cc1. The minimum atomic E-state index is -0.781. The van der Waals surface area contributed by atoms with Crippen LogP contribution in [0.3, 0.4) is 0 Å². The fourth-order valence-electron chi connectivity index (χ4n) is 1.87. The molecule has 124 valence electrons. The van der Waals surface area contributed by atoms with Crippen LogP contribution in [0.4, 0.5) is 4.79 Å². The molecule has 1 aliphatic rings. The molecule has 1 aromatic rings. The van der Waals surface area contributed by atoms with E-state index >= 15 is 0 Å². The number of amides is 2. The minimum Gasteiger partial charge on any atom is -0.434 e. The van der Waals surface area contributed by atoms with Gasteiger partial charge >= 0.3 is 6.16 Å². The zero-order chi connectivity index (χ0) is 16.7. The molecule has 0 spiro atoms. The zero-order valence-electron chi connectivity index (χ0n) is 13.0. The first-order valence-corrected chi connectivity index (χ1v) is 7.60. The van der Waals surface area contributed by atoms with Crippen LogP contribution in [0.15, 0.2) is 24.3 Å². The lowest BCUT2D eigenvalue weighted by molar-refractivity contribution is -0.122. The lowest BCUT2D eigenvalue weighted by Gasteiger charge is -2.08. The fraction of sp³-hybridized carbons (Fsp3) is 0.438. The molecule has 2 rings (SSSR count).